The molecule has 26 heavy (non-hydrogen) atoms. The van der Waals surface area contributed by atoms with Gasteiger partial charge in [-0.3, -0.25) is 14.4 Å². The van der Waals surface area contributed by atoms with Crippen LogP contribution in [0.3, 0.4) is 0 Å². The summed E-state index contributed by atoms with van der Waals surface area (Å²) in [6.45, 7) is 4.67. The molecule has 1 atom stereocenters. The summed E-state index contributed by atoms with van der Waals surface area (Å²) in [6.07, 6.45) is 6.82. The molecule has 0 N–H and O–H groups in total. The molecule has 0 unspecified atom stereocenters. The van der Waals surface area contributed by atoms with Crippen LogP contribution in [0.5, 0.6) is 0 Å². The van der Waals surface area contributed by atoms with E-state index in [1.165, 1.54) is 20.8 Å². The molecule has 142 valence electrons. The van der Waals surface area contributed by atoms with Crippen molar-refractivity contribution in [3.8, 4) is 23.7 Å². The molecule has 6 heteroatoms. The highest BCUT2D eigenvalue weighted by Gasteiger charge is 2.08. The predicted molar refractivity (Wildman–Crippen MR) is 96.6 cm³/mol. The summed E-state index contributed by atoms with van der Waals surface area (Å²) in [6, 6.07) is 0. The largest absolute Gasteiger partial charge is 0.466 e. The van der Waals surface area contributed by atoms with Crippen LogP contribution in [0.25, 0.3) is 0 Å². The Labute approximate surface area is 155 Å². The molecule has 0 aromatic heterocycles. The lowest BCUT2D eigenvalue weighted by Gasteiger charge is -2.10. The fraction of sp³-hybridized carbons (Fsp3) is 0.550. The zero-order valence-electron chi connectivity index (χ0n) is 15.6. The van der Waals surface area contributed by atoms with Crippen molar-refractivity contribution < 1.29 is 28.6 Å². The van der Waals surface area contributed by atoms with Crippen molar-refractivity contribution in [2.45, 2.75) is 59.0 Å². The molecule has 0 spiro atoms. The summed E-state index contributed by atoms with van der Waals surface area (Å²) in [7, 11) is 0. The van der Waals surface area contributed by atoms with E-state index in [-0.39, 0.29) is 24.5 Å². The molecule has 0 fully saturated rings. The number of carbonyl (C=O) groups is 3. The smallest absolute Gasteiger partial charge is 0.303 e. The third kappa shape index (κ3) is 17.6. The monoisotopic (exact) mass is 362 g/mol. The van der Waals surface area contributed by atoms with Gasteiger partial charge in [-0.15, -0.1) is 0 Å². The van der Waals surface area contributed by atoms with Gasteiger partial charge in [0.05, 0.1) is 6.61 Å². The Kier molecular flexibility index (Phi) is 14.1. The van der Waals surface area contributed by atoms with E-state index in [4.69, 9.17) is 14.2 Å². The minimum absolute atomic E-state index is 0.172. The molecule has 0 aliphatic carbocycles. The molecule has 0 aromatic rings. The van der Waals surface area contributed by atoms with Gasteiger partial charge in [-0.05, 0) is 49.2 Å². The number of esters is 3. The van der Waals surface area contributed by atoms with Crippen molar-refractivity contribution >= 4 is 17.9 Å². The highest BCUT2D eigenvalue weighted by Crippen LogP contribution is 2.08. The molecule has 0 saturated heterocycles. The second-order valence-electron chi connectivity index (χ2n) is 5.38. The van der Waals surface area contributed by atoms with Crippen LogP contribution in [0.1, 0.15) is 52.9 Å². The summed E-state index contributed by atoms with van der Waals surface area (Å²) < 4.78 is 14.7. The van der Waals surface area contributed by atoms with E-state index in [1.54, 1.807) is 12.2 Å². The van der Waals surface area contributed by atoms with Gasteiger partial charge in [0, 0.05) is 20.8 Å². The fourth-order valence-electron chi connectivity index (χ4n) is 1.83. The van der Waals surface area contributed by atoms with Gasteiger partial charge in [0.1, 0.15) is 6.61 Å². The van der Waals surface area contributed by atoms with E-state index in [9.17, 15) is 14.4 Å². The molecule has 0 aromatic carbocycles. The Morgan fingerprint density at radius 2 is 1.58 bits per heavy atom. The Balaban J connectivity index is 4.15. The first-order valence-electron chi connectivity index (χ1n) is 8.51. The SMILES string of the molecule is CC(=O)OC/C=C/C#CC#C[C@H](CCCCCCOC(C)=O)OC(C)=O. The van der Waals surface area contributed by atoms with Crippen LogP contribution in [0, 0.1) is 23.7 Å². The molecule has 0 aliphatic heterocycles. The number of ether oxygens (including phenoxy) is 3. The number of rotatable bonds is 10. The summed E-state index contributed by atoms with van der Waals surface area (Å²) in [4.78, 5) is 32.3. The zero-order chi connectivity index (χ0) is 19.6. The van der Waals surface area contributed by atoms with Crippen molar-refractivity contribution in [3.05, 3.63) is 12.2 Å². The minimum atomic E-state index is -0.486. The first-order chi connectivity index (χ1) is 12.4. The lowest BCUT2D eigenvalue weighted by molar-refractivity contribution is -0.144. The average Bonchev–Trinajstić information content (AvgIpc) is 2.54. The third-order valence-corrected chi connectivity index (χ3v) is 2.93. The van der Waals surface area contributed by atoms with Crippen molar-refractivity contribution in [1.29, 1.82) is 0 Å². The molecule has 0 heterocycles. The van der Waals surface area contributed by atoms with Crippen LogP contribution in [0.4, 0.5) is 0 Å². The topological polar surface area (TPSA) is 78.9 Å². The summed E-state index contributed by atoms with van der Waals surface area (Å²) in [5.41, 5.74) is 0. The third-order valence-electron chi connectivity index (χ3n) is 2.93. The Morgan fingerprint density at radius 1 is 0.885 bits per heavy atom. The lowest BCUT2D eigenvalue weighted by Crippen LogP contribution is -2.14. The molecule has 0 saturated carbocycles. The van der Waals surface area contributed by atoms with Gasteiger partial charge in [0.25, 0.3) is 0 Å². The molecule has 0 amide bonds. The first-order valence-corrected chi connectivity index (χ1v) is 8.51. The Bertz CT molecular complexity index is 597. The maximum absolute atomic E-state index is 11.1. The zero-order valence-corrected chi connectivity index (χ0v) is 15.6. The fourth-order valence-corrected chi connectivity index (χ4v) is 1.83. The highest BCUT2D eigenvalue weighted by molar-refractivity contribution is 5.66. The molecular formula is C20H26O6. The van der Waals surface area contributed by atoms with Crippen molar-refractivity contribution in [2.75, 3.05) is 13.2 Å². The van der Waals surface area contributed by atoms with Crippen LogP contribution in [0.2, 0.25) is 0 Å². The second-order valence-corrected chi connectivity index (χ2v) is 5.38. The molecule has 0 radical (unpaired) electrons. The number of allylic oxidation sites excluding steroid dienone is 1. The molecule has 0 bridgehead atoms. The molecule has 0 aliphatic rings. The van der Waals surface area contributed by atoms with E-state index < -0.39 is 6.10 Å². The Morgan fingerprint density at radius 3 is 2.23 bits per heavy atom. The van der Waals surface area contributed by atoms with Gasteiger partial charge in [-0.2, -0.15) is 0 Å². The van der Waals surface area contributed by atoms with Crippen molar-refractivity contribution in [1.82, 2.24) is 0 Å². The standard InChI is InChI=1S/C20H26O6/c1-17(21)24-15-11-7-4-5-9-13-20(26-19(3)23)14-10-6-8-12-16-25-18(2)22/h7,11,20H,6,8,10,12,14-16H2,1-3H3/b11-7+/t20-/m1/s1. The maximum Gasteiger partial charge on any atom is 0.303 e. The van der Waals surface area contributed by atoms with E-state index in [1.807, 2.05) is 0 Å². The summed E-state index contributed by atoms with van der Waals surface area (Å²) in [5, 5.41) is 0. The van der Waals surface area contributed by atoms with Crippen LogP contribution >= 0.6 is 0 Å². The predicted octanol–water partition coefficient (Wildman–Crippen LogP) is 2.56. The van der Waals surface area contributed by atoms with Crippen molar-refractivity contribution in [2.24, 2.45) is 0 Å². The maximum atomic E-state index is 11.1. The van der Waals surface area contributed by atoms with E-state index in [2.05, 4.69) is 23.7 Å². The average molecular weight is 362 g/mol. The van der Waals surface area contributed by atoms with Crippen LogP contribution in [0.15, 0.2) is 12.2 Å². The first kappa shape index (κ1) is 23.3. The van der Waals surface area contributed by atoms with Crippen LogP contribution in [-0.2, 0) is 28.6 Å². The Hall–Kier alpha value is -2.73. The number of carbonyl (C=O) groups excluding carboxylic acids is 3. The molecule has 0 rings (SSSR count). The van der Waals surface area contributed by atoms with Crippen LogP contribution in [-0.4, -0.2) is 37.2 Å². The number of hydrogen-bond acceptors (Lipinski definition) is 6. The van der Waals surface area contributed by atoms with Crippen LogP contribution < -0.4 is 0 Å². The van der Waals surface area contributed by atoms with Gasteiger partial charge >= 0.3 is 17.9 Å². The van der Waals surface area contributed by atoms with Gasteiger partial charge in [0.15, 0.2) is 6.10 Å². The normalized spacial score (nSPS) is 10.7. The minimum Gasteiger partial charge on any atom is -0.466 e. The highest BCUT2D eigenvalue weighted by atomic mass is 16.5. The number of hydrogen-bond donors (Lipinski definition) is 0. The van der Waals surface area contributed by atoms with E-state index in [0.29, 0.717) is 13.0 Å². The van der Waals surface area contributed by atoms with E-state index in [0.717, 1.165) is 25.7 Å². The number of unbranched alkanes of at least 4 members (excludes halogenated alkanes) is 3. The molecule has 6 nitrogen and oxygen atoms in total. The molecular weight excluding hydrogens is 336 g/mol. The van der Waals surface area contributed by atoms with Gasteiger partial charge in [0.2, 0.25) is 0 Å². The van der Waals surface area contributed by atoms with Gasteiger partial charge in [-0.1, -0.05) is 18.8 Å². The lowest BCUT2D eigenvalue weighted by atomic mass is 10.1. The quantitative estimate of drug-likeness (QED) is 0.257. The summed E-state index contributed by atoms with van der Waals surface area (Å²) in [5.74, 6) is 9.80. The van der Waals surface area contributed by atoms with Gasteiger partial charge < -0.3 is 14.2 Å². The summed E-state index contributed by atoms with van der Waals surface area (Å²) >= 11 is 0. The van der Waals surface area contributed by atoms with Crippen molar-refractivity contribution in [3.63, 3.8) is 0 Å². The second kappa shape index (κ2) is 15.8. The van der Waals surface area contributed by atoms with Gasteiger partial charge in [-0.25, -0.2) is 0 Å². The van der Waals surface area contributed by atoms with E-state index >= 15 is 0 Å².